The first kappa shape index (κ1) is 23.5. The van der Waals surface area contributed by atoms with Crippen LogP contribution in [0.2, 0.25) is 0 Å². The highest BCUT2D eigenvalue weighted by atomic mass is 16.6. The van der Waals surface area contributed by atoms with Crippen molar-refractivity contribution in [3.05, 3.63) is 102 Å². The van der Waals surface area contributed by atoms with Crippen molar-refractivity contribution in [2.24, 2.45) is 5.10 Å². The van der Waals surface area contributed by atoms with Gasteiger partial charge in [0.2, 0.25) is 0 Å². The minimum absolute atomic E-state index is 0.282. The van der Waals surface area contributed by atoms with Crippen molar-refractivity contribution in [3.63, 3.8) is 0 Å². The third kappa shape index (κ3) is 5.65. The molecule has 0 bridgehead atoms. The van der Waals surface area contributed by atoms with Crippen molar-refractivity contribution in [2.45, 2.75) is 6.92 Å². The number of hydrazone groups is 1. The van der Waals surface area contributed by atoms with Crippen molar-refractivity contribution in [3.8, 4) is 17.2 Å². The van der Waals surface area contributed by atoms with E-state index in [-0.39, 0.29) is 11.7 Å². The molecule has 0 unspecified atom stereocenters. The van der Waals surface area contributed by atoms with Crippen molar-refractivity contribution in [1.29, 1.82) is 0 Å². The van der Waals surface area contributed by atoms with E-state index in [1.165, 1.54) is 6.21 Å². The van der Waals surface area contributed by atoms with Gasteiger partial charge in [-0.15, -0.1) is 0 Å². The van der Waals surface area contributed by atoms with E-state index in [2.05, 4.69) is 10.5 Å². The number of rotatable bonds is 8. The van der Waals surface area contributed by atoms with Crippen molar-refractivity contribution in [1.82, 2.24) is 5.43 Å². The van der Waals surface area contributed by atoms with Crippen LogP contribution in [0.3, 0.4) is 0 Å². The SMILES string of the molecule is CCOc1cc(/C=N/NC(=O)c2cccc3ccccc23)ccc1OC(=O)c1ccc(OC)cc1. The maximum absolute atomic E-state index is 12.7. The predicted octanol–water partition coefficient (Wildman–Crippen LogP) is 5.23. The second-order valence-corrected chi connectivity index (χ2v) is 7.48. The van der Waals surface area contributed by atoms with Gasteiger partial charge in [-0.05, 0) is 71.8 Å². The van der Waals surface area contributed by atoms with Gasteiger partial charge < -0.3 is 14.2 Å². The van der Waals surface area contributed by atoms with E-state index in [0.29, 0.717) is 34.8 Å². The van der Waals surface area contributed by atoms with E-state index in [4.69, 9.17) is 14.2 Å². The normalized spacial score (nSPS) is 10.8. The number of benzene rings is 4. The first-order chi connectivity index (χ1) is 17.1. The van der Waals surface area contributed by atoms with Crippen LogP contribution < -0.4 is 19.6 Å². The average molecular weight is 469 g/mol. The number of amides is 1. The molecule has 1 N–H and O–H groups in total. The lowest BCUT2D eigenvalue weighted by Crippen LogP contribution is -2.17. The third-order valence-corrected chi connectivity index (χ3v) is 5.21. The summed E-state index contributed by atoms with van der Waals surface area (Å²) in [6.45, 7) is 2.21. The minimum atomic E-state index is -0.516. The monoisotopic (exact) mass is 468 g/mol. The van der Waals surface area contributed by atoms with Crippen LogP contribution in [0.4, 0.5) is 0 Å². The van der Waals surface area contributed by atoms with Crippen molar-refractivity contribution < 1.29 is 23.8 Å². The Bertz CT molecular complexity index is 1370. The topological polar surface area (TPSA) is 86.2 Å². The lowest BCUT2D eigenvalue weighted by atomic mass is 10.0. The smallest absolute Gasteiger partial charge is 0.343 e. The zero-order valence-electron chi connectivity index (χ0n) is 19.4. The zero-order chi connectivity index (χ0) is 24.6. The van der Waals surface area contributed by atoms with Crippen LogP contribution in [0.25, 0.3) is 10.8 Å². The fourth-order valence-corrected chi connectivity index (χ4v) is 3.49. The van der Waals surface area contributed by atoms with E-state index in [9.17, 15) is 9.59 Å². The van der Waals surface area contributed by atoms with Crippen LogP contribution >= 0.6 is 0 Å². The highest BCUT2D eigenvalue weighted by Gasteiger charge is 2.14. The standard InChI is InChI=1S/C28H24N2O5/c1-3-34-26-17-19(11-16-25(26)35-28(32)21-12-14-22(33-2)15-13-21)18-29-30-27(31)24-10-6-8-20-7-4-5-9-23(20)24/h4-18H,3H2,1-2H3,(H,30,31)/b29-18+. The summed E-state index contributed by atoms with van der Waals surface area (Å²) in [7, 11) is 1.56. The maximum Gasteiger partial charge on any atom is 0.343 e. The molecule has 0 aromatic heterocycles. The van der Waals surface area contributed by atoms with Crippen LogP contribution in [-0.4, -0.2) is 31.8 Å². The Labute approximate surface area is 202 Å². The first-order valence-electron chi connectivity index (χ1n) is 11.0. The molecule has 176 valence electrons. The summed E-state index contributed by atoms with van der Waals surface area (Å²) in [6.07, 6.45) is 1.50. The molecular formula is C28H24N2O5. The van der Waals surface area contributed by atoms with E-state index < -0.39 is 5.97 Å². The Morgan fingerprint density at radius 3 is 2.46 bits per heavy atom. The molecule has 4 aromatic rings. The molecule has 0 fully saturated rings. The lowest BCUT2D eigenvalue weighted by molar-refractivity contribution is 0.0728. The van der Waals surface area contributed by atoms with Gasteiger partial charge in [0.05, 0.1) is 25.5 Å². The second kappa shape index (κ2) is 11.0. The van der Waals surface area contributed by atoms with E-state index in [1.807, 2.05) is 43.3 Å². The number of nitrogens with one attached hydrogen (secondary N) is 1. The van der Waals surface area contributed by atoms with E-state index in [1.54, 1.807) is 55.6 Å². The Balaban J connectivity index is 1.46. The summed E-state index contributed by atoms with van der Waals surface area (Å²) in [6, 6.07) is 24.9. The number of carbonyl (C=O) groups excluding carboxylic acids is 2. The van der Waals surface area contributed by atoms with E-state index in [0.717, 1.165) is 10.8 Å². The van der Waals surface area contributed by atoms with Crippen LogP contribution in [-0.2, 0) is 0 Å². The molecule has 0 saturated carbocycles. The van der Waals surface area contributed by atoms with Crippen molar-refractivity contribution in [2.75, 3.05) is 13.7 Å². The number of methoxy groups -OCH3 is 1. The number of carbonyl (C=O) groups is 2. The molecule has 1 amide bonds. The van der Waals surface area contributed by atoms with Crippen LogP contribution in [0.1, 0.15) is 33.2 Å². The fraction of sp³-hybridized carbons (Fsp3) is 0.107. The Hall–Kier alpha value is -4.65. The highest BCUT2D eigenvalue weighted by molar-refractivity contribution is 6.07. The van der Waals surface area contributed by atoms with Gasteiger partial charge in [-0.1, -0.05) is 36.4 Å². The molecule has 7 nitrogen and oxygen atoms in total. The van der Waals surface area contributed by atoms with Gasteiger partial charge in [0.25, 0.3) is 5.91 Å². The molecule has 0 radical (unpaired) electrons. The van der Waals surface area contributed by atoms with Gasteiger partial charge in [0.15, 0.2) is 11.5 Å². The van der Waals surface area contributed by atoms with Crippen LogP contribution in [0, 0.1) is 0 Å². The third-order valence-electron chi connectivity index (χ3n) is 5.21. The minimum Gasteiger partial charge on any atom is -0.497 e. The molecule has 0 atom stereocenters. The number of hydrogen-bond acceptors (Lipinski definition) is 6. The van der Waals surface area contributed by atoms with Gasteiger partial charge in [-0.3, -0.25) is 4.79 Å². The summed E-state index contributed by atoms with van der Waals surface area (Å²) in [5.41, 5.74) is 4.15. The number of nitrogens with zero attached hydrogens (tertiary/aromatic N) is 1. The summed E-state index contributed by atoms with van der Waals surface area (Å²) in [5, 5.41) is 5.91. The van der Waals surface area contributed by atoms with Gasteiger partial charge in [0.1, 0.15) is 5.75 Å². The fourth-order valence-electron chi connectivity index (χ4n) is 3.49. The highest BCUT2D eigenvalue weighted by Crippen LogP contribution is 2.29. The quantitative estimate of drug-likeness (QED) is 0.166. The zero-order valence-corrected chi connectivity index (χ0v) is 19.4. The summed E-state index contributed by atoms with van der Waals surface area (Å²) in [4.78, 5) is 25.2. The Kier molecular flexibility index (Phi) is 7.37. The van der Waals surface area contributed by atoms with Gasteiger partial charge >= 0.3 is 5.97 Å². The van der Waals surface area contributed by atoms with Crippen LogP contribution in [0.5, 0.6) is 17.2 Å². The van der Waals surface area contributed by atoms with Crippen LogP contribution in [0.15, 0.2) is 90.0 Å². The number of esters is 1. The largest absolute Gasteiger partial charge is 0.497 e. The first-order valence-corrected chi connectivity index (χ1v) is 11.0. The van der Waals surface area contributed by atoms with E-state index >= 15 is 0 Å². The molecule has 0 aliphatic carbocycles. The lowest BCUT2D eigenvalue weighted by Gasteiger charge is -2.11. The van der Waals surface area contributed by atoms with Gasteiger partial charge in [-0.25, -0.2) is 10.2 Å². The van der Waals surface area contributed by atoms with Gasteiger partial charge in [-0.2, -0.15) is 5.10 Å². The molecule has 0 heterocycles. The molecule has 4 rings (SSSR count). The molecule has 0 saturated heterocycles. The number of ether oxygens (including phenoxy) is 3. The van der Waals surface area contributed by atoms with Gasteiger partial charge in [0, 0.05) is 5.56 Å². The predicted molar refractivity (Wildman–Crippen MR) is 135 cm³/mol. The number of fused-ring (bicyclic) bond motifs is 1. The maximum atomic E-state index is 12.7. The summed E-state index contributed by atoms with van der Waals surface area (Å²) in [5.74, 6) is 0.488. The summed E-state index contributed by atoms with van der Waals surface area (Å²) < 4.78 is 16.3. The molecular weight excluding hydrogens is 444 g/mol. The molecule has 0 aliphatic rings. The average Bonchev–Trinajstić information content (AvgIpc) is 2.89. The molecule has 0 aliphatic heterocycles. The second-order valence-electron chi connectivity index (χ2n) is 7.48. The molecule has 4 aromatic carbocycles. The molecule has 7 heteroatoms. The Morgan fingerprint density at radius 2 is 1.69 bits per heavy atom. The number of hydrogen-bond donors (Lipinski definition) is 1. The molecule has 35 heavy (non-hydrogen) atoms. The molecule has 0 spiro atoms. The Morgan fingerprint density at radius 1 is 0.914 bits per heavy atom. The van der Waals surface area contributed by atoms with Crippen molar-refractivity contribution >= 4 is 28.9 Å². The summed E-state index contributed by atoms with van der Waals surface area (Å²) >= 11 is 0.